The molecule has 0 unspecified atom stereocenters. The lowest BCUT2D eigenvalue weighted by atomic mass is 10.1. The molecule has 0 radical (unpaired) electrons. The Morgan fingerprint density at radius 3 is 2.81 bits per heavy atom. The number of fused-ring (bicyclic) bond motifs is 1. The predicted octanol–water partition coefficient (Wildman–Crippen LogP) is 3.25. The number of benzene rings is 1. The third-order valence-corrected chi connectivity index (χ3v) is 3.78. The first kappa shape index (κ1) is 13.8. The van der Waals surface area contributed by atoms with Crippen LogP contribution in [0.4, 0.5) is 0 Å². The van der Waals surface area contributed by atoms with Gasteiger partial charge in [-0.05, 0) is 31.2 Å². The minimum Gasteiger partial charge on any atom is -0.295 e. The molecule has 3 rings (SSSR count). The fourth-order valence-electron chi connectivity index (χ4n) is 2.37. The molecule has 1 atom stereocenters. The molecule has 0 saturated heterocycles. The van der Waals surface area contributed by atoms with Crippen LogP contribution in [0.2, 0.25) is 5.02 Å². The number of rotatable bonds is 3. The molecule has 21 heavy (non-hydrogen) atoms. The van der Waals surface area contributed by atoms with E-state index in [0.29, 0.717) is 22.3 Å². The van der Waals surface area contributed by atoms with E-state index in [-0.39, 0.29) is 11.6 Å². The lowest BCUT2D eigenvalue weighted by Gasteiger charge is -2.15. The number of hydrogen-bond donors (Lipinski definition) is 0. The van der Waals surface area contributed by atoms with Gasteiger partial charge in [-0.15, -0.1) is 0 Å². The molecule has 2 aromatic heterocycles. The zero-order valence-electron chi connectivity index (χ0n) is 11.5. The quantitative estimate of drug-likeness (QED) is 0.746. The highest BCUT2D eigenvalue weighted by Gasteiger charge is 2.13. The van der Waals surface area contributed by atoms with E-state index in [1.807, 2.05) is 25.1 Å². The molecule has 0 spiro atoms. The summed E-state index contributed by atoms with van der Waals surface area (Å²) in [6.07, 6.45) is 3.99. The van der Waals surface area contributed by atoms with E-state index in [2.05, 4.69) is 9.97 Å². The Labute approximate surface area is 127 Å². The van der Waals surface area contributed by atoms with Crippen LogP contribution in [-0.2, 0) is 6.42 Å². The highest BCUT2D eigenvalue weighted by molar-refractivity contribution is 6.35. The third kappa shape index (κ3) is 2.67. The molecule has 1 aromatic carbocycles. The van der Waals surface area contributed by atoms with Gasteiger partial charge in [0.15, 0.2) is 0 Å². The van der Waals surface area contributed by atoms with E-state index in [9.17, 15) is 4.79 Å². The van der Waals surface area contributed by atoms with Crippen LogP contribution in [0.1, 0.15) is 18.7 Å². The summed E-state index contributed by atoms with van der Waals surface area (Å²) >= 11 is 6.13. The number of aromatic nitrogens is 3. The van der Waals surface area contributed by atoms with Gasteiger partial charge >= 0.3 is 0 Å². The second kappa shape index (κ2) is 5.66. The van der Waals surface area contributed by atoms with E-state index in [1.54, 1.807) is 35.3 Å². The van der Waals surface area contributed by atoms with Crippen molar-refractivity contribution in [3.8, 4) is 0 Å². The van der Waals surface area contributed by atoms with Gasteiger partial charge in [-0.25, -0.2) is 4.98 Å². The van der Waals surface area contributed by atoms with Crippen molar-refractivity contribution >= 4 is 22.5 Å². The molecule has 3 aromatic rings. The van der Waals surface area contributed by atoms with Crippen molar-refractivity contribution in [2.24, 2.45) is 0 Å². The van der Waals surface area contributed by atoms with Gasteiger partial charge in [0.2, 0.25) is 0 Å². The van der Waals surface area contributed by atoms with E-state index >= 15 is 0 Å². The van der Waals surface area contributed by atoms with E-state index in [1.165, 1.54) is 0 Å². The van der Waals surface area contributed by atoms with Crippen LogP contribution in [0.3, 0.4) is 0 Å². The molecule has 0 aliphatic carbocycles. The number of pyridine rings is 1. The lowest BCUT2D eigenvalue weighted by Crippen LogP contribution is -2.25. The summed E-state index contributed by atoms with van der Waals surface area (Å²) in [6, 6.07) is 11.0. The van der Waals surface area contributed by atoms with Crippen molar-refractivity contribution in [1.82, 2.24) is 14.5 Å². The first-order chi connectivity index (χ1) is 10.2. The normalized spacial score (nSPS) is 12.5. The highest BCUT2D eigenvalue weighted by Crippen LogP contribution is 2.19. The summed E-state index contributed by atoms with van der Waals surface area (Å²) in [6.45, 7) is 1.97. The van der Waals surface area contributed by atoms with Crippen molar-refractivity contribution in [3.05, 3.63) is 70.0 Å². The zero-order valence-corrected chi connectivity index (χ0v) is 12.3. The summed E-state index contributed by atoms with van der Waals surface area (Å²) in [5, 5.41) is 0.902. The molecule has 4 nitrogen and oxygen atoms in total. The van der Waals surface area contributed by atoms with E-state index in [4.69, 9.17) is 11.6 Å². The second-order valence-corrected chi connectivity index (χ2v) is 5.37. The van der Waals surface area contributed by atoms with Gasteiger partial charge in [-0.1, -0.05) is 23.7 Å². The lowest BCUT2D eigenvalue weighted by molar-refractivity contribution is 0.518. The fourth-order valence-corrected chi connectivity index (χ4v) is 2.62. The number of hydrogen-bond acceptors (Lipinski definition) is 3. The van der Waals surface area contributed by atoms with E-state index < -0.39 is 0 Å². The summed E-state index contributed by atoms with van der Waals surface area (Å²) in [5.41, 5.74) is 1.44. The Bertz CT molecular complexity index is 830. The van der Waals surface area contributed by atoms with Gasteiger partial charge in [0.05, 0.1) is 22.3 Å². The summed E-state index contributed by atoms with van der Waals surface area (Å²) in [5.74, 6) is 0. The van der Waals surface area contributed by atoms with Gasteiger partial charge in [0, 0.05) is 24.4 Å². The molecule has 0 aliphatic rings. The van der Waals surface area contributed by atoms with Crippen molar-refractivity contribution in [3.63, 3.8) is 0 Å². The Kier molecular flexibility index (Phi) is 3.71. The molecule has 0 bridgehead atoms. The van der Waals surface area contributed by atoms with Gasteiger partial charge in [-0.2, -0.15) is 0 Å². The fraction of sp³-hybridized carbons (Fsp3) is 0.188. The summed E-state index contributed by atoms with van der Waals surface area (Å²) < 4.78 is 1.61. The molecule has 0 N–H and O–H groups in total. The number of halogens is 1. The molecule has 0 amide bonds. The molecule has 0 fully saturated rings. The van der Waals surface area contributed by atoms with Gasteiger partial charge in [0.1, 0.15) is 0 Å². The van der Waals surface area contributed by atoms with Crippen LogP contribution in [0.25, 0.3) is 10.9 Å². The molecular weight excluding hydrogens is 286 g/mol. The molecule has 2 heterocycles. The minimum absolute atomic E-state index is 0.0411. The van der Waals surface area contributed by atoms with Gasteiger partial charge in [0.25, 0.3) is 5.56 Å². The van der Waals surface area contributed by atoms with Crippen molar-refractivity contribution < 1.29 is 0 Å². The maximum Gasteiger partial charge on any atom is 0.262 e. The minimum atomic E-state index is -0.117. The average molecular weight is 300 g/mol. The topological polar surface area (TPSA) is 47.8 Å². The van der Waals surface area contributed by atoms with Crippen LogP contribution < -0.4 is 5.56 Å². The van der Waals surface area contributed by atoms with Crippen molar-refractivity contribution in [2.45, 2.75) is 19.4 Å². The SMILES string of the molecule is C[C@H](Cc1ccccn1)n1cnc2cccc(Cl)c2c1=O. The van der Waals surface area contributed by atoms with Crippen molar-refractivity contribution in [1.29, 1.82) is 0 Å². The largest absolute Gasteiger partial charge is 0.295 e. The standard InChI is InChI=1S/C16H14ClN3O/c1-11(9-12-5-2-3-8-18-12)20-10-19-14-7-4-6-13(17)15(14)16(20)21/h2-8,10-11H,9H2,1H3/t11-/m1/s1. The Morgan fingerprint density at radius 2 is 2.05 bits per heavy atom. The molecular formula is C16H14ClN3O. The second-order valence-electron chi connectivity index (χ2n) is 4.97. The van der Waals surface area contributed by atoms with Gasteiger partial charge in [-0.3, -0.25) is 14.3 Å². The Hall–Kier alpha value is -2.20. The molecule has 0 saturated carbocycles. The first-order valence-corrected chi connectivity index (χ1v) is 7.10. The average Bonchev–Trinajstić information content (AvgIpc) is 2.48. The van der Waals surface area contributed by atoms with Gasteiger partial charge < -0.3 is 0 Å². The predicted molar refractivity (Wildman–Crippen MR) is 83.7 cm³/mol. The molecule has 106 valence electrons. The van der Waals surface area contributed by atoms with Crippen LogP contribution >= 0.6 is 11.6 Å². The third-order valence-electron chi connectivity index (χ3n) is 3.47. The monoisotopic (exact) mass is 299 g/mol. The molecule has 0 aliphatic heterocycles. The maximum absolute atomic E-state index is 12.6. The Morgan fingerprint density at radius 1 is 1.19 bits per heavy atom. The highest BCUT2D eigenvalue weighted by atomic mass is 35.5. The van der Waals surface area contributed by atoms with Crippen LogP contribution in [0.5, 0.6) is 0 Å². The zero-order chi connectivity index (χ0) is 14.8. The van der Waals surface area contributed by atoms with Crippen molar-refractivity contribution in [2.75, 3.05) is 0 Å². The van der Waals surface area contributed by atoms with Crippen LogP contribution in [0.15, 0.2) is 53.7 Å². The number of nitrogens with zero attached hydrogens (tertiary/aromatic N) is 3. The van der Waals surface area contributed by atoms with E-state index in [0.717, 1.165) is 5.69 Å². The van der Waals surface area contributed by atoms with Crippen LogP contribution in [-0.4, -0.2) is 14.5 Å². The smallest absolute Gasteiger partial charge is 0.262 e. The molecule has 5 heteroatoms. The Balaban J connectivity index is 2.03. The maximum atomic E-state index is 12.6. The summed E-state index contributed by atoms with van der Waals surface area (Å²) in [4.78, 5) is 21.2. The summed E-state index contributed by atoms with van der Waals surface area (Å²) in [7, 11) is 0. The first-order valence-electron chi connectivity index (χ1n) is 6.72. The van der Waals surface area contributed by atoms with Crippen LogP contribution in [0, 0.1) is 0 Å².